The van der Waals surface area contributed by atoms with E-state index in [-0.39, 0.29) is 74.9 Å². The SMILES string of the molecule is CCCCn1c(O)c(N=Nc2ccc([N+](=O)[O-])c(NC(C)=O)c2O)c(C)c(C#N)c1=O.CCCCn1c(O)c(N=Nc2ccc([N+](=O)[O-])c(NC(C)=O)c2O)c(C)c(C#N)c1=O.[Co]. The fraction of sp³-hybridized carbons (Fsp3) is 0.316. The third-order valence-corrected chi connectivity index (χ3v) is 8.79. The Morgan fingerprint density at radius 2 is 1.02 bits per heavy atom. The third kappa shape index (κ3) is 11.6. The summed E-state index contributed by atoms with van der Waals surface area (Å²) in [5, 5.41) is 102. The molecule has 2 amide bonds. The number of nitriles is 2. The van der Waals surface area contributed by atoms with Gasteiger partial charge in [-0.05, 0) is 38.8 Å². The maximum absolute atomic E-state index is 12.4. The van der Waals surface area contributed by atoms with Crippen LogP contribution in [0.5, 0.6) is 23.3 Å². The standard InChI is InChI=1S/2C19H20N6O6.Co/c2*1-4-5-8-24-18(28)12(9-20)10(2)15(19(24)29)23-22-13-6-7-14(25(30)31)16(17(13)27)21-11(3)26;/h2*6-7,27,29H,4-5,8H2,1-3H3,(H,21,26);. The second-order valence-electron chi connectivity index (χ2n) is 13.1. The third-order valence-electron chi connectivity index (χ3n) is 8.79. The van der Waals surface area contributed by atoms with Crippen molar-refractivity contribution in [3.05, 3.63) is 87.5 Å². The summed E-state index contributed by atoms with van der Waals surface area (Å²) in [7, 11) is 0. The molecule has 0 bridgehead atoms. The average Bonchev–Trinajstić information content (AvgIpc) is 3.20. The number of rotatable bonds is 14. The second-order valence-corrected chi connectivity index (χ2v) is 13.1. The minimum absolute atomic E-state index is 0. The molecule has 2 heterocycles. The Bertz CT molecular complexity index is 2550. The molecule has 4 aromatic rings. The maximum atomic E-state index is 12.4. The molecule has 0 atom stereocenters. The molecule has 2 aromatic carbocycles. The zero-order chi connectivity index (χ0) is 46.6. The molecule has 0 saturated carbocycles. The van der Waals surface area contributed by atoms with E-state index >= 15 is 0 Å². The molecule has 0 aliphatic carbocycles. The smallest absolute Gasteiger partial charge is 0.296 e. The van der Waals surface area contributed by atoms with Crippen molar-refractivity contribution in [2.24, 2.45) is 20.5 Å². The van der Waals surface area contributed by atoms with Crippen LogP contribution >= 0.6 is 0 Å². The van der Waals surface area contributed by atoms with E-state index < -0.39 is 78.8 Å². The fourth-order valence-electron chi connectivity index (χ4n) is 5.57. The number of phenols is 2. The number of amides is 2. The predicted octanol–water partition coefficient (Wildman–Crippen LogP) is 7.04. The summed E-state index contributed by atoms with van der Waals surface area (Å²) in [6.45, 7) is 9.16. The van der Waals surface area contributed by atoms with Crippen molar-refractivity contribution in [2.75, 3.05) is 10.6 Å². The summed E-state index contributed by atoms with van der Waals surface area (Å²) < 4.78 is 2.03. The number of nitrogens with one attached hydrogen (secondary N) is 2. The van der Waals surface area contributed by atoms with Crippen molar-refractivity contribution in [1.82, 2.24) is 9.13 Å². The molecule has 333 valence electrons. The number of hydrogen-bond acceptors (Lipinski definition) is 18. The van der Waals surface area contributed by atoms with E-state index in [9.17, 15) is 70.4 Å². The van der Waals surface area contributed by atoms with Gasteiger partial charge in [-0.3, -0.25) is 48.5 Å². The van der Waals surface area contributed by atoms with Crippen molar-refractivity contribution < 1.29 is 56.6 Å². The number of benzene rings is 2. The van der Waals surface area contributed by atoms with Crippen LogP contribution in [0.25, 0.3) is 0 Å². The van der Waals surface area contributed by atoms with Gasteiger partial charge in [-0.2, -0.15) is 10.5 Å². The molecule has 25 heteroatoms. The predicted molar refractivity (Wildman–Crippen MR) is 220 cm³/mol. The quantitative estimate of drug-likeness (QED) is 0.0320. The topological polar surface area (TPSA) is 366 Å². The van der Waals surface area contributed by atoms with Gasteiger partial charge in [0.25, 0.3) is 22.5 Å². The molecule has 0 aliphatic rings. The first-order valence-corrected chi connectivity index (χ1v) is 18.4. The van der Waals surface area contributed by atoms with Crippen LogP contribution in [0, 0.1) is 56.7 Å². The van der Waals surface area contributed by atoms with Crippen LogP contribution in [-0.4, -0.2) is 51.2 Å². The normalized spacial score (nSPS) is 10.6. The molecule has 6 N–H and O–H groups in total. The van der Waals surface area contributed by atoms with Gasteiger partial charge >= 0.3 is 0 Å². The van der Waals surface area contributed by atoms with E-state index in [2.05, 4.69) is 31.1 Å². The number of anilines is 2. The summed E-state index contributed by atoms with van der Waals surface area (Å²) in [4.78, 5) is 68.3. The van der Waals surface area contributed by atoms with Crippen LogP contribution in [0.15, 0.2) is 54.3 Å². The van der Waals surface area contributed by atoms with Crippen LogP contribution in [-0.2, 0) is 39.5 Å². The van der Waals surface area contributed by atoms with E-state index in [0.717, 1.165) is 60.1 Å². The van der Waals surface area contributed by atoms with Gasteiger partial charge in [0.05, 0.1) is 9.85 Å². The second kappa shape index (κ2) is 22.5. The zero-order valence-corrected chi connectivity index (χ0v) is 35.5. The van der Waals surface area contributed by atoms with Crippen molar-refractivity contribution in [3.63, 3.8) is 0 Å². The molecule has 63 heavy (non-hydrogen) atoms. The Kier molecular flexibility index (Phi) is 18.3. The number of nitrogens with zero attached hydrogens (tertiary/aromatic N) is 10. The Morgan fingerprint density at radius 1 is 0.683 bits per heavy atom. The molecule has 1 radical (unpaired) electrons. The first kappa shape index (κ1) is 51.1. The Balaban J connectivity index is 0.000000427. The summed E-state index contributed by atoms with van der Waals surface area (Å²) >= 11 is 0. The molecular formula is C38H40CoN12O12. The average molecular weight is 916 g/mol. The number of phenolic OH excluding ortho intramolecular Hbond substituents is 2. The van der Waals surface area contributed by atoms with Gasteiger partial charge in [0.15, 0.2) is 34.2 Å². The minimum Gasteiger partial charge on any atom is -0.504 e. The Hall–Kier alpha value is -8.03. The van der Waals surface area contributed by atoms with Crippen LogP contribution in [0.2, 0.25) is 0 Å². The van der Waals surface area contributed by atoms with Crippen molar-refractivity contribution in [2.45, 2.75) is 80.3 Å². The van der Waals surface area contributed by atoms with E-state index in [1.807, 2.05) is 13.8 Å². The zero-order valence-electron chi connectivity index (χ0n) is 34.4. The fourth-order valence-corrected chi connectivity index (χ4v) is 5.57. The molecule has 2 aromatic heterocycles. The maximum Gasteiger partial charge on any atom is 0.296 e. The first-order chi connectivity index (χ1) is 29.3. The van der Waals surface area contributed by atoms with Crippen LogP contribution in [0.1, 0.15) is 75.6 Å². The van der Waals surface area contributed by atoms with E-state index in [4.69, 9.17) is 0 Å². The van der Waals surface area contributed by atoms with Gasteiger partial charge in [0, 0.05) is 67.0 Å². The van der Waals surface area contributed by atoms with Crippen molar-refractivity contribution >= 4 is 57.3 Å². The van der Waals surface area contributed by atoms with Crippen LogP contribution in [0.4, 0.5) is 45.5 Å². The summed E-state index contributed by atoms with van der Waals surface area (Å²) in [5.74, 6) is -3.70. The number of azo groups is 2. The monoisotopic (exact) mass is 915 g/mol. The van der Waals surface area contributed by atoms with Gasteiger partial charge in [0.2, 0.25) is 23.6 Å². The molecule has 0 aliphatic heterocycles. The number of carbonyl (C=O) groups excluding carboxylic acids is 2. The Morgan fingerprint density at radius 3 is 1.29 bits per heavy atom. The summed E-state index contributed by atoms with van der Waals surface area (Å²) in [5.41, 5.74) is -4.38. The van der Waals surface area contributed by atoms with Crippen molar-refractivity contribution in [1.29, 1.82) is 10.5 Å². The number of carbonyl (C=O) groups is 2. The van der Waals surface area contributed by atoms with Gasteiger partial charge in [-0.1, -0.05) is 26.7 Å². The molecule has 0 spiro atoms. The number of pyridine rings is 2. The number of nitro benzene ring substituents is 2. The molecule has 0 fully saturated rings. The Labute approximate surface area is 367 Å². The number of aromatic hydroxyl groups is 4. The number of unbranched alkanes of at least 4 members (excludes halogenated alkanes) is 2. The number of nitro groups is 2. The van der Waals surface area contributed by atoms with Gasteiger partial charge in [-0.25, -0.2) is 0 Å². The van der Waals surface area contributed by atoms with E-state index in [0.29, 0.717) is 12.8 Å². The molecule has 24 nitrogen and oxygen atoms in total. The summed E-state index contributed by atoms with van der Waals surface area (Å²) in [6, 6.07) is 7.83. The van der Waals surface area contributed by atoms with Crippen molar-refractivity contribution in [3.8, 4) is 35.4 Å². The summed E-state index contributed by atoms with van der Waals surface area (Å²) in [6.07, 6.45) is 2.62. The van der Waals surface area contributed by atoms with Crippen LogP contribution in [0.3, 0.4) is 0 Å². The first-order valence-electron chi connectivity index (χ1n) is 18.4. The molecule has 4 rings (SSSR count). The van der Waals surface area contributed by atoms with Gasteiger partial charge < -0.3 is 31.1 Å². The molecular weight excluding hydrogens is 875 g/mol. The minimum atomic E-state index is -0.787. The number of hydrogen-bond donors (Lipinski definition) is 6. The van der Waals surface area contributed by atoms with Gasteiger partial charge in [0.1, 0.15) is 34.6 Å². The largest absolute Gasteiger partial charge is 0.504 e. The van der Waals surface area contributed by atoms with Crippen LogP contribution < -0.4 is 21.8 Å². The van der Waals surface area contributed by atoms with E-state index in [1.54, 1.807) is 12.1 Å². The molecule has 0 saturated heterocycles. The van der Waals surface area contributed by atoms with E-state index in [1.165, 1.54) is 13.8 Å². The van der Waals surface area contributed by atoms with Gasteiger partial charge in [-0.15, -0.1) is 20.5 Å². The molecule has 0 unspecified atom stereocenters. The number of aromatic nitrogens is 2.